The third-order valence-corrected chi connectivity index (χ3v) is 2.72. The molecule has 0 aliphatic rings. The van der Waals surface area contributed by atoms with E-state index in [-0.39, 0.29) is 23.4 Å². The van der Waals surface area contributed by atoms with Gasteiger partial charge in [0.2, 0.25) is 0 Å². The predicted molar refractivity (Wildman–Crippen MR) is 81.7 cm³/mol. The van der Waals surface area contributed by atoms with Gasteiger partial charge >= 0.3 is 0 Å². The summed E-state index contributed by atoms with van der Waals surface area (Å²) in [5, 5.41) is 0. The number of nitrogens with zero attached hydrogens (tertiary/aromatic N) is 2. The average molecular weight is 271 g/mol. The highest BCUT2D eigenvalue weighted by Crippen LogP contribution is 2.10. The zero-order valence-electron chi connectivity index (χ0n) is 17.7. The quantitative estimate of drug-likeness (QED) is 0.512. The highest BCUT2D eigenvalue weighted by atomic mass is 14.9. The number of hydrogen-bond donors (Lipinski definition) is 2. The molecule has 0 bridgehead atoms. The zero-order valence-corrected chi connectivity index (χ0v) is 10.7. The van der Waals surface area contributed by atoms with Gasteiger partial charge in [0.05, 0.1) is 38.8 Å². The molecule has 4 rings (SSSR count). The molecule has 100 valence electrons. The molecular weight excluding hydrogens is 248 g/mol. The van der Waals surface area contributed by atoms with Crippen LogP contribution in [0, 0.1) is 13.8 Å². The van der Waals surface area contributed by atoms with Crippen LogP contribution in [0.3, 0.4) is 0 Å². The van der Waals surface area contributed by atoms with Crippen molar-refractivity contribution in [3.8, 4) is 0 Å². The molecule has 4 nitrogen and oxygen atoms in total. The molecule has 0 atom stereocenters. The molecule has 0 saturated carbocycles. The molecule has 0 unspecified atom stereocenters. The molecule has 2 aromatic heterocycles. The van der Waals surface area contributed by atoms with Crippen LogP contribution < -0.4 is 0 Å². The molecule has 0 spiro atoms. The SMILES string of the molecule is Cc1ccc2nc[nH]c2c1.[2H]c1nc2c([2H])c(C([2H])([2H])[2H])c([2H])c([2H])c2[nH]1. The molecule has 0 amide bonds. The Balaban J connectivity index is 0.000000177. The third kappa shape index (κ3) is 2.54. The van der Waals surface area contributed by atoms with Crippen molar-refractivity contribution in [2.75, 3.05) is 0 Å². The molecule has 0 radical (unpaired) electrons. The van der Waals surface area contributed by atoms with E-state index < -0.39 is 24.5 Å². The first-order valence-corrected chi connectivity index (χ1v) is 5.96. The second-order valence-corrected chi connectivity index (χ2v) is 4.25. The second-order valence-electron chi connectivity index (χ2n) is 4.25. The minimum absolute atomic E-state index is 0.0536. The van der Waals surface area contributed by atoms with Crippen molar-refractivity contribution in [2.45, 2.75) is 13.8 Å². The Morgan fingerprint density at radius 3 is 2.90 bits per heavy atom. The van der Waals surface area contributed by atoms with E-state index in [0.29, 0.717) is 0 Å². The normalized spacial score (nSPS) is 16.1. The fourth-order valence-electron chi connectivity index (χ4n) is 1.76. The van der Waals surface area contributed by atoms with Crippen molar-refractivity contribution >= 4 is 22.1 Å². The number of aromatic amines is 2. The van der Waals surface area contributed by atoms with E-state index in [1.165, 1.54) is 5.56 Å². The highest BCUT2D eigenvalue weighted by Gasteiger charge is 1.93. The van der Waals surface area contributed by atoms with Gasteiger partial charge in [0.15, 0.2) is 0 Å². The summed E-state index contributed by atoms with van der Waals surface area (Å²) in [7, 11) is 0. The smallest absolute Gasteiger partial charge is 0.104 e. The average Bonchev–Trinajstić information content (AvgIpc) is 3.18. The molecule has 0 aliphatic carbocycles. The molecule has 0 fully saturated rings. The van der Waals surface area contributed by atoms with Crippen LogP contribution in [0.4, 0.5) is 0 Å². The number of benzene rings is 2. The fraction of sp³-hybridized carbons (Fsp3) is 0.125. The number of rotatable bonds is 0. The van der Waals surface area contributed by atoms with E-state index in [4.69, 9.17) is 9.60 Å². The first kappa shape index (κ1) is 6.70. The summed E-state index contributed by atoms with van der Waals surface area (Å²) in [6.07, 6.45) is 1.45. The lowest BCUT2D eigenvalue weighted by molar-refractivity contribution is 1.34. The molecular formula is C16H16N4. The van der Waals surface area contributed by atoms with E-state index >= 15 is 0 Å². The van der Waals surface area contributed by atoms with Crippen molar-refractivity contribution in [3.63, 3.8) is 0 Å². The number of hydrogen-bond acceptors (Lipinski definition) is 2. The molecule has 2 aromatic carbocycles. The number of aryl methyl sites for hydroxylation is 1. The van der Waals surface area contributed by atoms with E-state index in [0.717, 1.165) is 11.0 Å². The molecule has 2 heterocycles. The van der Waals surface area contributed by atoms with E-state index in [9.17, 15) is 0 Å². The topological polar surface area (TPSA) is 57.4 Å². The largest absolute Gasteiger partial charge is 0.345 e. The van der Waals surface area contributed by atoms with Crippen LogP contribution in [0.5, 0.6) is 0 Å². The minimum Gasteiger partial charge on any atom is -0.345 e. The van der Waals surface area contributed by atoms with Crippen molar-refractivity contribution in [3.05, 3.63) is 60.1 Å². The second kappa shape index (κ2) is 5.17. The summed E-state index contributed by atoms with van der Waals surface area (Å²) in [5.41, 5.74) is 2.91. The summed E-state index contributed by atoms with van der Waals surface area (Å²) in [5.74, 6) is 0. The zero-order chi connectivity index (χ0) is 19.9. The van der Waals surface area contributed by atoms with Gasteiger partial charge in [-0.2, -0.15) is 0 Å². The van der Waals surface area contributed by atoms with E-state index in [1.54, 1.807) is 6.33 Å². The lowest BCUT2D eigenvalue weighted by atomic mass is 10.2. The van der Waals surface area contributed by atoms with Gasteiger partial charge in [0, 0.05) is 4.11 Å². The molecule has 0 aliphatic heterocycles. The maximum Gasteiger partial charge on any atom is 0.104 e. The summed E-state index contributed by atoms with van der Waals surface area (Å²) in [6, 6.07) is 4.86. The van der Waals surface area contributed by atoms with Crippen LogP contribution in [-0.2, 0) is 0 Å². The molecule has 0 saturated heterocycles. The van der Waals surface area contributed by atoms with Crippen molar-refractivity contribution < 1.29 is 9.60 Å². The van der Waals surface area contributed by atoms with Gasteiger partial charge < -0.3 is 9.97 Å². The number of aromatic nitrogens is 4. The number of imidazole rings is 2. The Hall–Kier alpha value is -2.62. The van der Waals surface area contributed by atoms with Gasteiger partial charge in [-0.1, -0.05) is 12.1 Å². The number of H-pyrrole nitrogens is 2. The van der Waals surface area contributed by atoms with Gasteiger partial charge in [-0.3, -0.25) is 0 Å². The fourth-order valence-corrected chi connectivity index (χ4v) is 1.76. The van der Waals surface area contributed by atoms with Crippen LogP contribution in [0.25, 0.3) is 22.1 Å². The standard InChI is InChI=1S/2C8H8N2/c2*1-6-2-3-7-8(4-6)10-5-9-7/h2*2-5H,1H3,(H,9,10)/i1D3,2D,3D,4D,5D;. The van der Waals surface area contributed by atoms with Crippen LogP contribution in [0.1, 0.15) is 20.7 Å². The third-order valence-electron chi connectivity index (χ3n) is 2.72. The predicted octanol–water partition coefficient (Wildman–Crippen LogP) is 3.74. The maximum absolute atomic E-state index is 7.72. The van der Waals surface area contributed by atoms with Crippen molar-refractivity contribution in [1.29, 1.82) is 0 Å². The van der Waals surface area contributed by atoms with Gasteiger partial charge in [-0.15, -0.1) is 0 Å². The monoisotopic (exact) mass is 271 g/mol. The number of fused-ring (bicyclic) bond motifs is 2. The molecule has 2 N–H and O–H groups in total. The van der Waals surface area contributed by atoms with Crippen molar-refractivity contribution in [2.24, 2.45) is 0 Å². The first-order chi connectivity index (χ1) is 12.6. The Kier molecular flexibility index (Phi) is 1.73. The van der Waals surface area contributed by atoms with Crippen LogP contribution in [-0.4, -0.2) is 19.9 Å². The Morgan fingerprint density at radius 2 is 2.00 bits per heavy atom. The Bertz CT molecular complexity index is 1130. The van der Waals surface area contributed by atoms with Crippen LogP contribution in [0.15, 0.2) is 49.0 Å². The lowest BCUT2D eigenvalue weighted by Crippen LogP contribution is -1.71. The van der Waals surface area contributed by atoms with Crippen LogP contribution >= 0.6 is 0 Å². The van der Waals surface area contributed by atoms with Crippen molar-refractivity contribution in [1.82, 2.24) is 19.9 Å². The van der Waals surface area contributed by atoms with Gasteiger partial charge in [0.25, 0.3) is 0 Å². The summed E-state index contributed by atoms with van der Waals surface area (Å²) >= 11 is 0. The molecule has 20 heavy (non-hydrogen) atoms. The minimum atomic E-state index is -2.64. The summed E-state index contributed by atoms with van der Waals surface area (Å²) in [4.78, 5) is 13.2. The summed E-state index contributed by atoms with van der Waals surface area (Å²) in [6.45, 7) is -0.570. The maximum atomic E-state index is 7.72. The Morgan fingerprint density at radius 1 is 1.05 bits per heavy atom. The van der Waals surface area contributed by atoms with Crippen LogP contribution in [0.2, 0.25) is 0 Å². The van der Waals surface area contributed by atoms with E-state index in [1.807, 2.05) is 6.07 Å². The van der Waals surface area contributed by atoms with E-state index in [2.05, 4.69) is 39.0 Å². The van der Waals surface area contributed by atoms with Gasteiger partial charge in [-0.25, -0.2) is 9.97 Å². The first-order valence-electron chi connectivity index (χ1n) is 9.46. The molecule has 4 aromatic rings. The summed E-state index contributed by atoms with van der Waals surface area (Å²) < 4.78 is 52.0. The Labute approximate surface area is 126 Å². The lowest BCUT2D eigenvalue weighted by Gasteiger charge is -1.89. The number of nitrogens with one attached hydrogen (secondary N) is 2. The highest BCUT2D eigenvalue weighted by molar-refractivity contribution is 5.75. The van der Waals surface area contributed by atoms with Gasteiger partial charge in [0.1, 0.15) is 1.37 Å². The van der Waals surface area contributed by atoms with Gasteiger partial charge in [-0.05, 0) is 49.1 Å². The molecule has 4 heteroatoms.